The number of carbonyl (C=O) groups excluding carboxylic acids is 1. The molecule has 1 fully saturated rings. The van der Waals surface area contributed by atoms with E-state index < -0.39 is 0 Å². The Labute approximate surface area is 148 Å². The van der Waals surface area contributed by atoms with Crippen LogP contribution in [0.4, 0.5) is 5.69 Å². The second kappa shape index (κ2) is 7.59. The van der Waals surface area contributed by atoms with Crippen LogP contribution in [0.2, 0.25) is 0 Å². The Bertz CT molecular complexity index is 726. The van der Waals surface area contributed by atoms with Gasteiger partial charge >= 0.3 is 0 Å². The summed E-state index contributed by atoms with van der Waals surface area (Å²) >= 11 is 0. The van der Waals surface area contributed by atoms with E-state index in [-0.39, 0.29) is 17.9 Å². The molecule has 0 aliphatic carbocycles. The van der Waals surface area contributed by atoms with Crippen molar-refractivity contribution in [1.82, 2.24) is 10.3 Å². The van der Waals surface area contributed by atoms with Crippen molar-refractivity contribution in [3.63, 3.8) is 0 Å². The van der Waals surface area contributed by atoms with Crippen molar-refractivity contribution in [3.8, 4) is 5.75 Å². The highest BCUT2D eigenvalue weighted by Crippen LogP contribution is 2.30. The number of methoxy groups -OCH3 is 1. The fourth-order valence-corrected chi connectivity index (χ4v) is 3.29. The zero-order valence-corrected chi connectivity index (χ0v) is 15.0. The third kappa shape index (κ3) is 3.78. The first-order valence-corrected chi connectivity index (χ1v) is 8.72. The van der Waals surface area contributed by atoms with E-state index in [1.807, 2.05) is 32.0 Å². The lowest BCUT2D eigenvalue weighted by Gasteiger charge is -2.35. The summed E-state index contributed by atoms with van der Waals surface area (Å²) in [5, 5.41) is 3.11. The number of oxazole rings is 1. The van der Waals surface area contributed by atoms with Crippen LogP contribution in [-0.4, -0.2) is 37.1 Å². The van der Waals surface area contributed by atoms with E-state index >= 15 is 0 Å². The Hall–Kier alpha value is -2.50. The highest BCUT2D eigenvalue weighted by molar-refractivity contribution is 5.93. The second-order valence-electron chi connectivity index (χ2n) is 6.65. The molecule has 0 unspecified atom stereocenters. The molecule has 1 atom stereocenters. The minimum absolute atomic E-state index is 0.0721. The van der Waals surface area contributed by atoms with Crippen LogP contribution in [0.15, 0.2) is 35.1 Å². The van der Waals surface area contributed by atoms with Crippen LogP contribution in [0, 0.1) is 0 Å². The number of nitrogens with zero attached hydrogens (tertiary/aromatic N) is 2. The maximum absolute atomic E-state index is 12.6. The lowest BCUT2D eigenvalue weighted by Crippen LogP contribution is -2.48. The first kappa shape index (κ1) is 17.3. The zero-order chi connectivity index (χ0) is 17.8. The fourth-order valence-electron chi connectivity index (χ4n) is 3.29. The van der Waals surface area contributed by atoms with Gasteiger partial charge in [-0.05, 0) is 25.0 Å². The quantitative estimate of drug-likeness (QED) is 0.903. The molecule has 6 nitrogen and oxygen atoms in total. The smallest absolute Gasteiger partial charge is 0.273 e. The molecule has 134 valence electrons. The zero-order valence-electron chi connectivity index (χ0n) is 15.0. The molecular weight excluding hydrogens is 318 g/mol. The largest absolute Gasteiger partial charge is 0.495 e. The van der Waals surface area contributed by atoms with E-state index in [9.17, 15) is 4.79 Å². The number of aromatic nitrogens is 1. The van der Waals surface area contributed by atoms with Gasteiger partial charge < -0.3 is 19.4 Å². The van der Waals surface area contributed by atoms with Crippen molar-refractivity contribution in [1.29, 1.82) is 0 Å². The number of nitrogens with one attached hydrogen (secondary N) is 1. The monoisotopic (exact) mass is 343 g/mol. The Morgan fingerprint density at radius 3 is 2.96 bits per heavy atom. The Kier molecular flexibility index (Phi) is 5.26. The van der Waals surface area contributed by atoms with Gasteiger partial charge in [-0.25, -0.2) is 4.98 Å². The number of hydrogen-bond acceptors (Lipinski definition) is 5. The number of rotatable bonds is 5. The molecule has 1 saturated heterocycles. The lowest BCUT2D eigenvalue weighted by molar-refractivity contribution is 0.0926. The van der Waals surface area contributed by atoms with Gasteiger partial charge in [0.2, 0.25) is 0 Å². The second-order valence-corrected chi connectivity index (χ2v) is 6.65. The SMILES string of the molecule is COc1ccccc1N1CCC[C@H](NC(=O)c2ncoc2C(C)C)C1. The summed E-state index contributed by atoms with van der Waals surface area (Å²) in [6, 6.07) is 8.05. The highest BCUT2D eigenvalue weighted by atomic mass is 16.5. The first-order chi connectivity index (χ1) is 12.1. The van der Waals surface area contributed by atoms with Crippen molar-refractivity contribution in [2.45, 2.75) is 38.6 Å². The summed E-state index contributed by atoms with van der Waals surface area (Å²) in [4.78, 5) is 18.9. The van der Waals surface area contributed by atoms with Crippen molar-refractivity contribution in [2.24, 2.45) is 0 Å². The van der Waals surface area contributed by atoms with Gasteiger partial charge in [0.05, 0.1) is 12.8 Å². The van der Waals surface area contributed by atoms with Crippen LogP contribution in [-0.2, 0) is 0 Å². The van der Waals surface area contributed by atoms with Crippen LogP contribution in [0.25, 0.3) is 0 Å². The number of para-hydroxylation sites is 2. The van der Waals surface area contributed by atoms with E-state index in [0.29, 0.717) is 11.5 Å². The normalized spacial score (nSPS) is 17.6. The molecule has 1 aliphatic heterocycles. The average molecular weight is 343 g/mol. The number of ether oxygens (including phenoxy) is 1. The molecule has 1 amide bonds. The van der Waals surface area contributed by atoms with Gasteiger partial charge in [-0.3, -0.25) is 4.79 Å². The molecule has 3 rings (SSSR count). The Morgan fingerprint density at radius 1 is 1.40 bits per heavy atom. The van der Waals surface area contributed by atoms with Gasteiger partial charge in [-0.1, -0.05) is 26.0 Å². The van der Waals surface area contributed by atoms with Gasteiger partial charge in [-0.2, -0.15) is 0 Å². The van der Waals surface area contributed by atoms with Crippen LogP contribution < -0.4 is 15.0 Å². The molecule has 6 heteroatoms. The maximum atomic E-state index is 12.6. The standard InChI is InChI=1S/C19H25N3O3/c1-13(2)18-17(20-12-25-18)19(23)21-14-7-6-10-22(11-14)15-8-4-5-9-16(15)24-3/h4-5,8-9,12-14H,6-7,10-11H2,1-3H3,(H,21,23)/t14-/m0/s1. The molecule has 0 spiro atoms. The molecular formula is C19H25N3O3. The van der Waals surface area contributed by atoms with E-state index in [1.54, 1.807) is 7.11 Å². The fraction of sp³-hybridized carbons (Fsp3) is 0.474. The molecule has 2 heterocycles. The predicted octanol–water partition coefficient (Wildman–Crippen LogP) is 3.21. The topological polar surface area (TPSA) is 67.6 Å². The lowest BCUT2D eigenvalue weighted by atomic mass is 10.0. The molecule has 1 aliphatic rings. The summed E-state index contributed by atoms with van der Waals surface area (Å²) < 4.78 is 10.8. The minimum Gasteiger partial charge on any atom is -0.495 e. The van der Waals surface area contributed by atoms with Crippen molar-refractivity contribution in [3.05, 3.63) is 42.1 Å². The van der Waals surface area contributed by atoms with E-state index in [0.717, 1.165) is 37.4 Å². The van der Waals surface area contributed by atoms with E-state index in [1.165, 1.54) is 6.39 Å². The number of hydrogen-bond donors (Lipinski definition) is 1. The summed E-state index contributed by atoms with van der Waals surface area (Å²) in [6.07, 6.45) is 3.30. The Morgan fingerprint density at radius 2 is 2.20 bits per heavy atom. The third-order valence-electron chi connectivity index (χ3n) is 4.52. The predicted molar refractivity (Wildman–Crippen MR) is 96.3 cm³/mol. The van der Waals surface area contributed by atoms with Gasteiger partial charge in [0.1, 0.15) is 11.5 Å². The van der Waals surface area contributed by atoms with Crippen molar-refractivity contribution < 1.29 is 13.9 Å². The van der Waals surface area contributed by atoms with Crippen molar-refractivity contribution in [2.75, 3.05) is 25.1 Å². The molecule has 0 saturated carbocycles. The summed E-state index contributed by atoms with van der Waals surface area (Å²) in [7, 11) is 1.68. The molecule has 1 N–H and O–H groups in total. The van der Waals surface area contributed by atoms with Gasteiger partial charge in [-0.15, -0.1) is 0 Å². The van der Waals surface area contributed by atoms with Crippen LogP contribution in [0.3, 0.4) is 0 Å². The van der Waals surface area contributed by atoms with Gasteiger partial charge in [0, 0.05) is 25.0 Å². The Balaban J connectivity index is 1.69. The van der Waals surface area contributed by atoms with Crippen LogP contribution >= 0.6 is 0 Å². The highest BCUT2D eigenvalue weighted by Gasteiger charge is 2.26. The summed E-state index contributed by atoms with van der Waals surface area (Å²) in [5.41, 5.74) is 1.46. The number of amides is 1. The third-order valence-corrected chi connectivity index (χ3v) is 4.52. The maximum Gasteiger partial charge on any atom is 0.273 e. The molecule has 0 radical (unpaired) electrons. The number of piperidine rings is 1. The summed E-state index contributed by atoms with van der Waals surface area (Å²) in [6.45, 7) is 5.68. The van der Waals surface area contributed by atoms with Gasteiger partial charge in [0.15, 0.2) is 12.1 Å². The number of carbonyl (C=O) groups is 1. The van der Waals surface area contributed by atoms with Crippen molar-refractivity contribution >= 4 is 11.6 Å². The van der Waals surface area contributed by atoms with Crippen LogP contribution in [0.1, 0.15) is 48.9 Å². The summed E-state index contributed by atoms with van der Waals surface area (Å²) in [5.74, 6) is 1.45. The molecule has 0 bridgehead atoms. The number of anilines is 1. The van der Waals surface area contributed by atoms with E-state index in [4.69, 9.17) is 9.15 Å². The molecule has 25 heavy (non-hydrogen) atoms. The molecule has 1 aromatic carbocycles. The van der Waals surface area contributed by atoms with E-state index in [2.05, 4.69) is 21.3 Å². The van der Waals surface area contributed by atoms with Gasteiger partial charge in [0.25, 0.3) is 5.91 Å². The molecule has 2 aromatic rings. The first-order valence-electron chi connectivity index (χ1n) is 8.72. The van der Waals surface area contributed by atoms with Crippen LogP contribution in [0.5, 0.6) is 5.75 Å². The number of benzene rings is 1. The molecule has 1 aromatic heterocycles. The minimum atomic E-state index is -0.163. The average Bonchev–Trinajstić information content (AvgIpc) is 3.12.